The molecular formula is C47H66ClN11O2. The van der Waals surface area contributed by atoms with E-state index in [0.717, 1.165) is 77.8 Å². The summed E-state index contributed by atoms with van der Waals surface area (Å²) < 4.78 is 8.62. The number of aromatic amines is 1. The first kappa shape index (κ1) is 46.9. The number of nitrogens with one attached hydrogen (secondary N) is 1. The number of methoxy groups -OCH3 is 1. The van der Waals surface area contributed by atoms with Crippen LogP contribution in [0.4, 0.5) is 22.7 Å². The minimum absolute atomic E-state index is 0.0416. The van der Waals surface area contributed by atoms with Crippen LogP contribution in [0.25, 0.3) is 5.65 Å². The lowest BCUT2D eigenvalue weighted by atomic mass is 9.91. The maximum atomic E-state index is 13.6. The fourth-order valence-electron chi connectivity index (χ4n) is 7.18. The molecule has 6 rings (SSSR count). The molecule has 5 aromatic rings. The van der Waals surface area contributed by atoms with Crippen molar-refractivity contribution in [1.29, 1.82) is 0 Å². The Hall–Kier alpha value is -5.17. The van der Waals surface area contributed by atoms with Crippen LogP contribution in [-0.2, 0) is 11.8 Å². The van der Waals surface area contributed by atoms with Gasteiger partial charge in [-0.2, -0.15) is 9.78 Å². The number of hydrogen-bond donors (Lipinski definition) is 1. The van der Waals surface area contributed by atoms with E-state index in [4.69, 9.17) is 31.4 Å². The molecule has 0 unspecified atom stereocenters. The molecule has 0 bridgehead atoms. The number of rotatable bonds is 16. The molecule has 0 fully saturated rings. The standard InChI is InChI=1S/C31H47N5O.C16H19ClN6O/c1-9-12-15-25-27(21(4)5)33-30-29(28(22(6)7)34-36(30)31(25)37)32-26-17-16-24(20-23(26)8)35(18-13-10-2)19-14-11-3;1-9-18-21-15-13(14(16(2,3)4)22-23(9)15)20-19-11-8-10(17)6-7-12(11)24-5/h16-17,20-22H,9-15,18-19H2,1-8H3;6-8,22H,1-5H3. The monoisotopic (exact) mass is 852 g/mol. The van der Waals surface area contributed by atoms with Gasteiger partial charge in [-0.05, 0) is 93.3 Å². The van der Waals surface area contributed by atoms with Crippen molar-refractivity contribution < 1.29 is 4.74 Å². The van der Waals surface area contributed by atoms with Gasteiger partial charge in [-0.3, -0.25) is 9.89 Å². The molecule has 0 atom stereocenters. The average Bonchev–Trinajstić information content (AvgIpc) is 3.90. The number of unbranched alkanes of at least 4 members (excludes halogenated alkanes) is 3. The van der Waals surface area contributed by atoms with Crippen LogP contribution in [0.15, 0.2) is 61.5 Å². The fraction of sp³-hybridized carbons (Fsp3) is 0.532. The van der Waals surface area contributed by atoms with Crippen LogP contribution in [0.1, 0.15) is 148 Å². The number of fused-ring (bicyclic) bond motifs is 2. The van der Waals surface area contributed by atoms with E-state index in [1.165, 1.54) is 36.0 Å². The second kappa shape index (κ2) is 20.6. The predicted molar refractivity (Wildman–Crippen MR) is 251 cm³/mol. The summed E-state index contributed by atoms with van der Waals surface area (Å²) in [7, 11) is 1.58. The quantitative estimate of drug-likeness (QED) is 0.0979. The highest BCUT2D eigenvalue weighted by Crippen LogP contribution is 2.37. The minimum atomic E-state index is -0.153. The predicted octanol–water partition coefficient (Wildman–Crippen LogP) is 12.2. The van der Waals surface area contributed by atoms with E-state index < -0.39 is 0 Å². The van der Waals surface area contributed by atoms with Crippen molar-refractivity contribution in [3.05, 3.63) is 85.9 Å². The third kappa shape index (κ3) is 10.8. The van der Waals surface area contributed by atoms with Gasteiger partial charge in [0, 0.05) is 34.8 Å². The van der Waals surface area contributed by atoms with E-state index in [1.807, 2.05) is 11.4 Å². The molecule has 13 nitrogen and oxygen atoms in total. The number of nitrogens with zero attached hydrogens (tertiary/aromatic N) is 10. The number of hydrogen-bond acceptors (Lipinski definition) is 10. The number of aromatic nitrogens is 6. The van der Waals surface area contributed by atoms with Crippen LogP contribution in [-0.4, -0.2) is 61.1 Å². The second-order valence-electron chi connectivity index (χ2n) is 17.4. The number of aryl methyl sites for hydroxylation is 2. The van der Waals surface area contributed by atoms with Crippen LogP contribution in [0.5, 0.6) is 5.75 Å². The van der Waals surface area contributed by atoms with Gasteiger partial charge in [0.2, 0.25) is 5.65 Å². The zero-order valence-electron chi connectivity index (χ0n) is 38.6. The summed E-state index contributed by atoms with van der Waals surface area (Å²) >= 11 is 6.05. The molecular weight excluding hydrogens is 786 g/mol. The van der Waals surface area contributed by atoms with Gasteiger partial charge in [0.05, 0.1) is 29.9 Å². The third-order valence-corrected chi connectivity index (χ3v) is 10.9. The van der Waals surface area contributed by atoms with E-state index >= 15 is 0 Å². The Morgan fingerprint density at radius 1 is 0.885 bits per heavy atom. The van der Waals surface area contributed by atoms with Gasteiger partial charge in [0.15, 0.2) is 11.5 Å². The molecule has 0 radical (unpaired) electrons. The number of aliphatic imine (C=N–C) groups is 1. The van der Waals surface area contributed by atoms with Crippen LogP contribution in [0.3, 0.4) is 0 Å². The molecule has 1 N–H and O–H groups in total. The first-order valence-electron chi connectivity index (χ1n) is 21.9. The Kier molecular flexibility index (Phi) is 15.8. The topological polar surface area (TPSA) is 143 Å². The highest BCUT2D eigenvalue weighted by atomic mass is 35.5. The van der Waals surface area contributed by atoms with Crippen molar-refractivity contribution in [2.45, 2.75) is 139 Å². The fourth-order valence-corrected chi connectivity index (χ4v) is 7.35. The van der Waals surface area contributed by atoms with Crippen molar-refractivity contribution in [1.82, 2.24) is 29.5 Å². The molecule has 61 heavy (non-hydrogen) atoms. The first-order chi connectivity index (χ1) is 29.0. The van der Waals surface area contributed by atoms with Crippen LogP contribution in [0, 0.1) is 19.8 Å². The smallest absolute Gasteiger partial charge is 0.277 e. The zero-order chi connectivity index (χ0) is 44.6. The molecule has 1 aliphatic rings. The molecule has 0 saturated heterocycles. The Morgan fingerprint density at radius 3 is 2.16 bits per heavy atom. The lowest BCUT2D eigenvalue weighted by Gasteiger charge is -2.25. The van der Waals surface area contributed by atoms with E-state index in [2.05, 4.69) is 125 Å². The van der Waals surface area contributed by atoms with Crippen molar-refractivity contribution in [3.8, 4) is 5.75 Å². The van der Waals surface area contributed by atoms with Crippen molar-refractivity contribution in [3.63, 3.8) is 0 Å². The summed E-state index contributed by atoms with van der Waals surface area (Å²) in [6, 6.07) is 11.8. The summed E-state index contributed by atoms with van der Waals surface area (Å²) in [6.07, 6.45) is 7.51. The normalized spacial score (nSPS) is 13.4. The summed E-state index contributed by atoms with van der Waals surface area (Å²) in [6.45, 7) is 27.5. The third-order valence-electron chi connectivity index (χ3n) is 10.7. The van der Waals surface area contributed by atoms with Gasteiger partial charge in [-0.15, -0.1) is 20.4 Å². The highest BCUT2D eigenvalue weighted by Gasteiger charge is 2.31. The lowest BCUT2D eigenvalue weighted by Crippen LogP contribution is -2.28. The van der Waals surface area contributed by atoms with E-state index in [1.54, 1.807) is 25.3 Å². The van der Waals surface area contributed by atoms with E-state index in [-0.39, 0.29) is 22.8 Å². The summed E-state index contributed by atoms with van der Waals surface area (Å²) in [5, 5.41) is 25.7. The van der Waals surface area contributed by atoms with Gasteiger partial charge in [0.25, 0.3) is 5.56 Å². The number of benzene rings is 2. The molecule has 0 spiro atoms. The molecule has 0 amide bonds. The van der Waals surface area contributed by atoms with Crippen molar-refractivity contribution in [2.24, 2.45) is 26.2 Å². The molecule has 0 aliphatic carbocycles. The highest BCUT2D eigenvalue weighted by molar-refractivity contribution is 6.49. The number of azo groups is 1. The van der Waals surface area contributed by atoms with Gasteiger partial charge in [-0.25, -0.2) is 14.5 Å². The molecule has 4 heterocycles. The Bertz CT molecular complexity index is 2440. The van der Waals surface area contributed by atoms with Gasteiger partial charge in [0.1, 0.15) is 23.0 Å². The second-order valence-corrected chi connectivity index (χ2v) is 17.9. The van der Waals surface area contributed by atoms with Gasteiger partial charge in [-0.1, -0.05) is 100 Å². The molecule has 1 aliphatic heterocycles. The Labute approximate surface area is 366 Å². The first-order valence-corrected chi connectivity index (χ1v) is 22.3. The maximum absolute atomic E-state index is 13.6. The summed E-state index contributed by atoms with van der Waals surface area (Å²) in [5.74, 6) is 2.23. The number of anilines is 1. The largest absolute Gasteiger partial charge is 0.494 e. The number of ether oxygens (including phenoxy) is 1. The van der Waals surface area contributed by atoms with Crippen LogP contribution < -0.4 is 15.2 Å². The summed E-state index contributed by atoms with van der Waals surface area (Å²) in [5.41, 5.74) is 9.10. The van der Waals surface area contributed by atoms with Gasteiger partial charge < -0.3 is 9.64 Å². The molecule has 328 valence electrons. The van der Waals surface area contributed by atoms with Crippen LogP contribution >= 0.6 is 11.6 Å². The number of H-pyrrole nitrogens is 1. The van der Waals surface area contributed by atoms with E-state index in [9.17, 15) is 4.79 Å². The number of halogens is 1. The Balaban J connectivity index is 0.000000252. The van der Waals surface area contributed by atoms with Crippen molar-refractivity contribution in [2.75, 3.05) is 25.1 Å². The summed E-state index contributed by atoms with van der Waals surface area (Å²) in [4.78, 5) is 26.2. The van der Waals surface area contributed by atoms with Crippen LogP contribution in [0.2, 0.25) is 5.02 Å². The van der Waals surface area contributed by atoms with Crippen molar-refractivity contribution >= 4 is 51.4 Å². The molecule has 3 aromatic heterocycles. The van der Waals surface area contributed by atoms with E-state index in [0.29, 0.717) is 33.6 Å². The average molecular weight is 853 g/mol. The molecule has 14 heteroatoms. The van der Waals surface area contributed by atoms with Gasteiger partial charge >= 0.3 is 0 Å². The Morgan fingerprint density at radius 2 is 1.57 bits per heavy atom. The SMILES string of the molecule is CCCCc1c(C(C)C)nc2n(c1=O)N=C(C(C)C)C2=Nc1ccc(N(CCCC)CCCC)cc1C.COc1ccc(Cl)cc1N=Nc1c(C(C)(C)C)[nH]n2c(C)nnc12. The molecule has 2 aromatic carbocycles. The molecule has 0 saturated carbocycles. The maximum Gasteiger partial charge on any atom is 0.277 e. The zero-order valence-corrected chi connectivity index (χ0v) is 39.4. The minimum Gasteiger partial charge on any atom is -0.494 e. The lowest BCUT2D eigenvalue weighted by molar-refractivity contribution is 0.416.